The van der Waals surface area contributed by atoms with Crippen LogP contribution in [0, 0.1) is 0 Å². The summed E-state index contributed by atoms with van der Waals surface area (Å²) in [5, 5.41) is 3.09. The van der Waals surface area contributed by atoms with Crippen LogP contribution in [0.2, 0.25) is 0 Å². The van der Waals surface area contributed by atoms with Gasteiger partial charge in [0.25, 0.3) is 0 Å². The molecular weight excluding hydrogens is 152 g/mol. The van der Waals surface area contributed by atoms with Crippen LogP contribution in [0.15, 0.2) is 6.07 Å². The summed E-state index contributed by atoms with van der Waals surface area (Å²) in [4.78, 5) is 8.09. The highest BCUT2D eigenvalue weighted by Gasteiger charge is 1.98. The number of aryl methyl sites for hydroxylation is 1. The monoisotopic (exact) mass is 166 g/mol. The smallest absolute Gasteiger partial charge is 0.222 e. The second-order valence-electron chi connectivity index (χ2n) is 2.49. The van der Waals surface area contributed by atoms with Crippen molar-refractivity contribution >= 4 is 11.8 Å². The molecule has 1 aromatic heterocycles. The average Bonchev–Trinajstić information content (AvgIpc) is 2.04. The predicted octanol–water partition coefficient (Wildman–Crippen LogP) is 1.05. The summed E-state index contributed by atoms with van der Waals surface area (Å²) >= 11 is 0. The SMILES string of the molecule is CCNc1cc(CC)nc(N)n1. The number of nitrogens with zero attached hydrogens (tertiary/aromatic N) is 2. The van der Waals surface area contributed by atoms with Gasteiger partial charge in [0, 0.05) is 18.3 Å². The first kappa shape index (κ1) is 8.77. The van der Waals surface area contributed by atoms with Crippen LogP contribution in [0.3, 0.4) is 0 Å². The maximum atomic E-state index is 5.50. The van der Waals surface area contributed by atoms with E-state index in [0.29, 0.717) is 5.95 Å². The van der Waals surface area contributed by atoms with Gasteiger partial charge in [-0.1, -0.05) is 6.92 Å². The third-order valence-corrected chi connectivity index (χ3v) is 1.52. The van der Waals surface area contributed by atoms with Crippen molar-refractivity contribution in [1.82, 2.24) is 9.97 Å². The lowest BCUT2D eigenvalue weighted by molar-refractivity contribution is 1.00. The van der Waals surface area contributed by atoms with Crippen molar-refractivity contribution in [3.05, 3.63) is 11.8 Å². The zero-order valence-electron chi connectivity index (χ0n) is 7.46. The molecule has 0 atom stereocenters. The van der Waals surface area contributed by atoms with E-state index in [9.17, 15) is 0 Å². The molecule has 1 aromatic rings. The van der Waals surface area contributed by atoms with Gasteiger partial charge in [0.2, 0.25) is 5.95 Å². The molecule has 0 unspecified atom stereocenters. The van der Waals surface area contributed by atoms with E-state index in [1.807, 2.05) is 19.9 Å². The quantitative estimate of drug-likeness (QED) is 0.704. The van der Waals surface area contributed by atoms with Crippen LogP contribution >= 0.6 is 0 Å². The van der Waals surface area contributed by atoms with Gasteiger partial charge in [-0.3, -0.25) is 0 Å². The Hall–Kier alpha value is -1.32. The highest BCUT2D eigenvalue weighted by molar-refractivity contribution is 5.40. The average molecular weight is 166 g/mol. The molecule has 66 valence electrons. The lowest BCUT2D eigenvalue weighted by Crippen LogP contribution is -2.05. The number of hydrogen-bond acceptors (Lipinski definition) is 4. The molecule has 0 amide bonds. The Kier molecular flexibility index (Phi) is 2.85. The number of anilines is 2. The van der Waals surface area contributed by atoms with Crippen LogP contribution in [-0.4, -0.2) is 16.5 Å². The van der Waals surface area contributed by atoms with Gasteiger partial charge >= 0.3 is 0 Å². The second-order valence-corrected chi connectivity index (χ2v) is 2.49. The van der Waals surface area contributed by atoms with E-state index in [1.165, 1.54) is 0 Å². The molecule has 0 aromatic carbocycles. The topological polar surface area (TPSA) is 63.8 Å². The Bertz CT molecular complexity index is 259. The van der Waals surface area contributed by atoms with E-state index < -0.39 is 0 Å². The molecular formula is C8H14N4. The zero-order chi connectivity index (χ0) is 8.97. The van der Waals surface area contributed by atoms with Crippen LogP contribution in [-0.2, 0) is 6.42 Å². The van der Waals surface area contributed by atoms with E-state index in [1.54, 1.807) is 0 Å². The Morgan fingerprint density at radius 2 is 2.17 bits per heavy atom. The third kappa shape index (κ3) is 2.08. The zero-order valence-corrected chi connectivity index (χ0v) is 7.46. The predicted molar refractivity (Wildman–Crippen MR) is 50.0 cm³/mol. The summed E-state index contributed by atoms with van der Waals surface area (Å²) in [7, 11) is 0. The molecule has 1 rings (SSSR count). The van der Waals surface area contributed by atoms with E-state index in [-0.39, 0.29) is 0 Å². The highest BCUT2D eigenvalue weighted by Crippen LogP contribution is 2.07. The molecule has 0 spiro atoms. The van der Waals surface area contributed by atoms with Crippen LogP contribution in [0.4, 0.5) is 11.8 Å². The molecule has 0 aliphatic heterocycles. The molecule has 0 aliphatic rings. The van der Waals surface area contributed by atoms with Crippen molar-refractivity contribution in [2.45, 2.75) is 20.3 Å². The van der Waals surface area contributed by atoms with E-state index in [2.05, 4.69) is 15.3 Å². The first-order chi connectivity index (χ1) is 5.76. The van der Waals surface area contributed by atoms with Crippen LogP contribution < -0.4 is 11.1 Å². The van der Waals surface area contributed by atoms with Gasteiger partial charge in [-0.2, -0.15) is 4.98 Å². The molecule has 4 heteroatoms. The molecule has 3 N–H and O–H groups in total. The normalized spacial score (nSPS) is 9.83. The largest absolute Gasteiger partial charge is 0.370 e. The second kappa shape index (κ2) is 3.90. The molecule has 4 nitrogen and oxygen atoms in total. The lowest BCUT2D eigenvalue weighted by atomic mass is 10.3. The molecule has 0 radical (unpaired) electrons. The Morgan fingerprint density at radius 1 is 1.42 bits per heavy atom. The number of nitrogens with two attached hydrogens (primary N) is 1. The minimum absolute atomic E-state index is 0.338. The van der Waals surface area contributed by atoms with Gasteiger partial charge in [-0.15, -0.1) is 0 Å². The Morgan fingerprint density at radius 3 is 2.75 bits per heavy atom. The summed E-state index contributed by atoms with van der Waals surface area (Å²) in [6.45, 7) is 4.90. The maximum absolute atomic E-state index is 5.50. The van der Waals surface area contributed by atoms with E-state index in [0.717, 1.165) is 24.5 Å². The first-order valence-corrected chi connectivity index (χ1v) is 4.13. The van der Waals surface area contributed by atoms with Gasteiger partial charge in [-0.05, 0) is 13.3 Å². The molecule has 0 bridgehead atoms. The fraction of sp³-hybridized carbons (Fsp3) is 0.500. The van der Waals surface area contributed by atoms with E-state index in [4.69, 9.17) is 5.73 Å². The number of aromatic nitrogens is 2. The van der Waals surface area contributed by atoms with Crippen molar-refractivity contribution in [1.29, 1.82) is 0 Å². The van der Waals surface area contributed by atoms with Crippen molar-refractivity contribution in [3.63, 3.8) is 0 Å². The maximum Gasteiger partial charge on any atom is 0.222 e. The lowest BCUT2D eigenvalue weighted by Gasteiger charge is -2.04. The van der Waals surface area contributed by atoms with Crippen LogP contribution in [0.25, 0.3) is 0 Å². The van der Waals surface area contributed by atoms with Gasteiger partial charge in [-0.25, -0.2) is 4.98 Å². The molecule has 0 saturated heterocycles. The van der Waals surface area contributed by atoms with Gasteiger partial charge in [0.1, 0.15) is 5.82 Å². The number of nitrogen functional groups attached to an aromatic ring is 1. The number of nitrogens with one attached hydrogen (secondary N) is 1. The summed E-state index contributed by atoms with van der Waals surface area (Å²) in [5.74, 6) is 1.15. The minimum Gasteiger partial charge on any atom is -0.370 e. The number of rotatable bonds is 3. The third-order valence-electron chi connectivity index (χ3n) is 1.52. The highest BCUT2D eigenvalue weighted by atomic mass is 15.1. The fourth-order valence-corrected chi connectivity index (χ4v) is 0.971. The van der Waals surface area contributed by atoms with Gasteiger partial charge in [0.15, 0.2) is 0 Å². The first-order valence-electron chi connectivity index (χ1n) is 4.13. The van der Waals surface area contributed by atoms with Crippen molar-refractivity contribution in [2.24, 2.45) is 0 Å². The molecule has 0 saturated carbocycles. The standard InChI is InChI=1S/C8H14N4/c1-3-6-5-7(10-4-2)12-8(9)11-6/h5H,3-4H2,1-2H3,(H3,9,10,11,12). The summed E-state index contributed by atoms with van der Waals surface area (Å²) < 4.78 is 0. The number of hydrogen-bond donors (Lipinski definition) is 2. The Balaban J connectivity index is 2.90. The van der Waals surface area contributed by atoms with Crippen molar-refractivity contribution in [2.75, 3.05) is 17.6 Å². The fourth-order valence-electron chi connectivity index (χ4n) is 0.971. The van der Waals surface area contributed by atoms with E-state index >= 15 is 0 Å². The summed E-state index contributed by atoms with van der Waals surface area (Å²) in [5.41, 5.74) is 6.47. The summed E-state index contributed by atoms with van der Waals surface area (Å²) in [6.07, 6.45) is 0.880. The molecule has 0 aliphatic carbocycles. The summed E-state index contributed by atoms with van der Waals surface area (Å²) in [6, 6.07) is 1.92. The molecule has 0 fully saturated rings. The minimum atomic E-state index is 0.338. The van der Waals surface area contributed by atoms with Gasteiger partial charge in [0.05, 0.1) is 0 Å². The van der Waals surface area contributed by atoms with Gasteiger partial charge < -0.3 is 11.1 Å². The Labute approximate surface area is 72.2 Å². The van der Waals surface area contributed by atoms with Crippen molar-refractivity contribution in [3.8, 4) is 0 Å². The van der Waals surface area contributed by atoms with Crippen LogP contribution in [0.5, 0.6) is 0 Å². The molecule has 12 heavy (non-hydrogen) atoms. The van der Waals surface area contributed by atoms with Crippen LogP contribution in [0.1, 0.15) is 19.5 Å². The molecule has 1 heterocycles. The van der Waals surface area contributed by atoms with Crippen molar-refractivity contribution < 1.29 is 0 Å².